The Kier molecular flexibility index (Phi) is 5.39. The first-order valence-corrected chi connectivity index (χ1v) is 6.32. The molecule has 0 aromatic heterocycles. The number of rotatable bonds is 5. The van der Waals surface area contributed by atoms with Crippen LogP contribution in [0.15, 0.2) is 12.1 Å². The summed E-state index contributed by atoms with van der Waals surface area (Å²) in [4.78, 5) is 0.885. The summed E-state index contributed by atoms with van der Waals surface area (Å²) in [6, 6.07) is 2.33. The lowest BCUT2D eigenvalue weighted by Crippen LogP contribution is -2.35. The van der Waals surface area contributed by atoms with Gasteiger partial charge in [-0.2, -0.15) is 0 Å². The van der Waals surface area contributed by atoms with Crippen molar-refractivity contribution in [2.45, 2.75) is 39.3 Å². The van der Waals surface area contributed by atoms with Crippen LogP contribution in [0, 0.1) is 11.6 Å². The second kappa shape index (κ2) is 6.43. The van der Waals surface area contributed by atoms with E-state index in [9.17, 15) is 17.6 Å². The number of nitrogens with one attached hydrogen (secondary N) is 1. The summed E-state index contributed by atoms with van der Waals surface area (Å²) in [6.45, 7) is 5.39. The van der Waals surface area contributed by atoms with Gasteiger partial charge in [0.15, 0.2) is 0 Å². The molecule has 1 rings (SSSR count). The number of benzene rings is 1. The number of hydrogen-bond donors (Lipinski definition) is 1. The minimum absolute atomic E-state index is 0.182. The number of alkyl halides is 2. The fourth-order valence-corrected chi connectivity index (χ4v) is 1.75. The Morgan fingerprint density at radius 3 is 2.05 bits per heavy atom. The molecule has 0 amide bonds. The van der Waals surface area contributed by atoms with Crippen LogP contribution in [0.1, 0.15) is 26.3 Å². The van der Waals surface area contributed by atoms with Crippen molar-refractivity contribution < 1.29 is 17.6 Å². The fourth-order valence-electron chi connectivity index (χ4n) is 1.75. The quantitative estimate of drug-likeness (QED) is 0.835. The molecule has 0 heterocycles. The Balaban J connectivity index is 2.91. The van der Waals surface area contributed by atoms with Crippen molar-refractivity contribution in [3.63, 3.8) is 0 Å². The Morgan fingerprint density at radius 1 is 1.15 bits per heavy atom. The molecule has 0 bridgehead atoms. The Morgan fingerprint density at radius 2 is 1.65 bits per heavy atom. The van der Waals surface area contributed by atoms with Crippen LogP contribution < -0.4 is 10.2 Å². The molecule has 0 unspecified atom stereocenters. The third-order valence-electron chi connectivity index (χ3n) is 2.69. The van der Waals surface area contributed by atoms with E-state index >= 15 is 0 Å². The van der Waals surface area contributed by atoms with Gasteiger partial charge in [-0.1, -0.05) is 0 Å². The molecule has 0 aliphatic heterocycles. The zero-order valence-corrected chi connectivity index (χ0v) is 12.1. The van der Waals surface area contributed by atoms with Crippen LogP contribution in [0.5, 0.6) is 0 Å². The second-order valence-corrected chi connectivity index (χ2v) is 5.78. The molecule has 1 aromatic carbocycles. The van der Waals surface area contributed by atoms with E-state index in [1.54, 1.807) is 0 Å². The largest absolute Gasteiger partial charge is 0.364 e. The molecule has 0 radical (unpaired) electrons. The summed E-state index contributed by atoms with van der Waals surface area (Å²) in [5.41, 5.74) is -0.174. The van der Waals surface area contributed by atoms with Crippen molar-refractivity contribution in [3.8, 4) is 0 Å². The highest BCUT2D eigenvalue weighted by Crippen LogP contribution is 2.25. The van der Waals surface area contributed by atoms with Crippen LogP contribution in [-0.2, 0) is 6.54 Å². The van der Waals surface area contributed by atoms with Crippen LogP contribution in [0.2, 0.25) is 0 Å². The zero-order valence-electron chi connectivity index (χ0n) is 12.1. The molecule has 114 valence electrons. The molecule has 0 aliphatic carbocycles. The van der Waals surface area contributed by atoms with Gasteiger partial charge in [0.25, 0.3) is 6.43 Å². The van der Waals surface area contributed by atoms with Gasteiger partial charge in [-0.3, -0.25) is 0 Å². The third kappa shape index (κ3) is 5.00. The maximum absolute atomic E-state index is 13.9. The van der Waals surface area contributed by atoms with Gasteiger partial charge in [0.1, 0.15) is 17.3 Å². The van der Waals surface area contributed by atoms with E-state index in [2.05, 4.69) is 5.32 Å². The number of anilines is 1. The summed E-state index contributed by atoms with van der Waals surface area (Å²) in [5.74, 6) is -1.67. The lowest BCUT2D eigenvalue weighted by Gasteiger charge is -2.23. The Hall–Kier alpha value is -1.30. The second-order valence-electron chi connectivity index (χ2n) is 5.78. The first kappa shape index (κ1) is 16.8. The van der Waals surface area contributed by atoms with Crippen LogP contribution in [0.25, 0.3) is 0 Å². The fraction of sp³-hybridized carbons (Fsp3) is 0.571. The van der Waals surface area contributed by atoms with E-state index in [4.69, 9.17) is 0 Å². The lowest BCUT2D eigenvalue weighted by atomic mass is 10.1. The molecular formula is C14H20F4N2. The standard InChI is InChI=1S/C14H20F4N2/c1-14(2,3)19-7-9-5-10(15)13(11(16)6-9)20(4)8-12(17)18/h5-6,12,19H,7-8H2,1-4H3. The number of hydrogen-bond acceptors (Lipinski definition) is 2. The van der Waals surface area contributed by atoms with E-state index in [-0.39, 0.29) is 5.54 Å². The molecule has 0 spiro atoms. The number of halogens is 4. The average molecular weight is 292 g/mol. The maximum Gasteiger partial charge on any atom is 0.255 e. The third-order valence-corrected chi connectivity index (χ3v) is 2.69. The van der Waals surface area contributed by atoms with Crippen molar-refractivity contribution in [3.05, 3.63) is 29.3 Å². The molecule has 0 fully saturated rings. The molecule has 2 nitrogen and oxygen atoms in total. The van der Waals surface area contributed by atoms with Crippen molar-refractivity contribution in [1.29, 1.82) is 0 Å². The molecular weight excluding hydrogens is 272 g/mol. The SMILES string of the molecule is CN(CC(F)F)c1c(F)cc(CNC(C)(C)C)cc1F. The van der Waals surface area contributed by atoms with Gasteiger partial charge in [0.05, 0.1) is 6.54 Å². The smallest absolute Gasteiger partial charge is 0.255 e. The van der Waals surface area contributed by atoms with Crippen molar-refractivity contribution in [2.75, 3.05) is 18.5 Å². The van der Waals surface area contributed by atoms with Crippen LogP contribution in [0.3, 0.4) is 0 Å². The monoisotopic (exact) mass is 292 g/mol. The maximum atomic E-state index is 13.9. The van der Waals surface area contributed by atoms with E-state index in [0.29, 0.717) is 12.1 Å². The molecule has 6 heteroatoms. The molecule has 0 atom stereocenters. The summed E-state index contributed by atoms with van der Waals surface area (Å²) in [6.07, 6.45) is -2.65. The molecule has 20 heavy (non-hydrogen) atoms. The summed E-state index contributed by atoms with van der Waals surface area (Å²) < 4.78 is 52.3. The first-order valence-electron chi connectivity index (χ1n) is 6.32. The summed E-state index contributed by atoms with van der Waals surface area (Å²) in [7, 11) is 1.24. The van der Waals surface area contributed by atoms with Gasteiger partial charge in [0.2, 0.25) is 0 Å². The molecule has 1 N–H and O–H groups in total. The highest BCUT2D eigenvalue weighted by Gasteiger charge is 2.18. The van der Waals surface area contributed by atoms with Crippen molar-refractivity contribution >= 4 is 5.69 Å². The van der Waals surface area contributed by atoms with Crippen LogP contribution in [-0.4, -0.2) is 25.6 Å². The molecule has 0 aliphatic rings. The van der Waals surface area contributed by atoms with Crippen molar-refractivity contribution in [2.24, 2.45) is 0 Å². The van der Waals surface area contributed by atoms with E-state index in [0.717, 1.165) is 4.90 Å². The van der Waals surface area contributed by atoms with Crippen molar-refractivity contribution in [1.82, 2.24) is 5.32 Å². The topological polar surface area (TPSA) is 15.3 Å². The van der Waals surface area contributed by atoms with E-state index < -0.39 is 30.3 Å². The van der Waals surface area contributed by atoms with Gasteiger partial charge in [-0.05, 0) is 38.5 Å². The van der Waals surface area contributed by atoms with Crippen LogP contribution >= 0.6 is 0 Å². The highest BCUT2D eigenvalue weighted by atomic mass is 19.3. The van der Waals surface area contributed by atoms with Gasteiger partial charge in [-0.15, -0.1) is 0 Å². The highest BCUT2D eigenvalue weighted by molar-refractivity contribution is 5.50. The van der Waals surface area contributed by atoms with E-state index in [1.165, 1.54) is 19.2 Å². The molecule has 0 saturated heterocycles. The Bertz CT molecular complexity index is 432. The van der Waals surface area contributed by atoms with Gasteiger partial charge in [0, 0.05) is 19.1 Å². The summed E-state index contributed by atoms with van der Waals surface area (Å²) in [5, 5.41) is 3.11. The average Bonchev–Trinajstić information content (AvgIpc) is 2.23. The van der Waals surface area contributed by atoms with Gasteiger partial charge >= 0.3 is 0 Å². The van der Waals surface area contributed by atoms with E-state index in [1.807, 2.05) is 20.8 Å². The predicted molar refractivity (Wildman–Crippen MR) is 72.2 cm³/mol. The van der Waals surface area contributed by atoms with Crippen LogP contribution in [0.4, 0.5) is 23.2 Å². The Labute approximate surface area is 116 Å². The predicted octanol–water partition coefficient (Wildman–Crippen LogP) is 3.55. The molecule has 1 aromatic rings. The minimum Gasteiger partial charge on any atom is -0.364 e. The van der Waals surface area contributed by atoms with Gasteiger partial charge < -0.3 is 10.2 Å². The number of nitrogens with zero attached hydrogens (tertiary/aromatic N) is 1. The summed E-state index contributed by atoms with van der Waals surface area (Å²) >= 11 is 0. The zero-order chi connectivity index (χ0) is 15.5. The molecule has 0 saturated carbocycles. The minimum atomic E-state index is -2.65. The normalized spacial score (nSPS) is 12.1. The first-order chi connectivity index (χ1) is 9.10. The van der Waals surface area contributed by atoms with Gasteiger partial charge in [-0.25, -0.2) is 17.6 Å². The lowest BCUT2D eigenvalue weighted by molar-refractivity contribution is 0.156.